The fraction of sp³-hybridized carbons (Fsp3) is 0.526. The largest absolute Gasteiger partial charge is 0.385 e. The fourth-order valence-electron chi connectivity index (χ4n) is 3.75. The second-order valence-electron chi connectivity index (χ2n) is 7.46. The standard InChI is InChI=1S/C19H26N6O/c1-13(2)15-12-17(25-16(22-15)4-7-21-25)24-9-5-14(6-10-24)18(26)19-20-8-11-23(19)3/h4,7-8,11-14,18,26H,5-6,9-10H2,1-3H3/t18-/m1/s1. The molecule has 0 unspecified atom stereocenters. The zero-order valence-corrected chi connectivity index (χ0v) is 15.6. The van der Waals surface area contributed by atoms with Crippen molar-refractivity contribution < 1.29 is 5.11 Å². The van der Waals surface area contributed by atoms with E-state index in [9.17, 15) is 5.11 Å². The second kappa shape index (κ2) is 6.72. The third-order valence-electron chi connectivity index (χ3n) is 5.39. The summed E-state index contributed by atoms with van der Waals surface area (Å²) in [5.74, 6) is 2.45. The van der Waals surface area contributed by atoms with E-state index in [1.54, 1.807) is 12.4 Å². The molecule has 7 heteroatoms. The molecule has 4 heterocycles. The van der Waals surface area contributed by atoms with Crippen molar-refractivity contribution in [3.05, 3.63) is 42.2 Å². The van der Waals surface area contributed by atoms with Gasteiger partial charge in [0.1, 0.15) is 17.7 Å². The SMILES string of the molecule is CC(C)c1cc(N2CCC([C@@H](O)c3nccn3C)CC2)n2nccc2n1. The first-order chi connectivity index (χ1) is 12.5. The average molecular weight is 354 g/mol. The molecule has 1 aliphatic rings. The number of aliphatic hydroxyl groups is 1. The van der Waals surface area contributed by atoms with Gasteiger partial charge in [-0.15, -0.1) is 0 Å². The van der Waals surface area contributed by atoms with Crippen molar-refractivity contribution in [2.75, 3.05) is 18.0 Å². The summed E-state index contributed by atoms with van der Waals surface area (Å²) in [6, 6.07) is 4.10. The van der Waals surface area contributed by atoms with Gasteiger partial charge in [-0.3, -0.25) is 0 Å². The Hall–Kier alpha value is -2.41. The predicted octanol–water partition coefficient (Wildman–Crippen LogP) is 2.54. The highest BCUT2D eigenvalue weighted by Gasteiger charge is 2.29. The van der Waals surface area contributed by atoms with Crippen LogP contribution < -0.4 is 4.90 Å². The first-order valence-electron chi connectivity index (χ1n) is 9.29. The number of piperidine rings is 1. The summed E-state index contributed by atoms with van der Waals surface area (Å²) in [4.78, 5) is 11.4. The van der Waals surface area contributed by atoms with Gasteiger partial charge in [0.2, 0.25) is 0 Å². The number of fused-ring (bicyclic) bond motifs is 1. The Bertz CT molecular complexity index is 890. The van der Waals surface area contributed by atoms with Crippen molar-refractivity contribution >= 4 is 11.5 Å². The van der Waals surface area contributed by atoms with Crippen molar-refractivity contribution in [2.45, 2.75) is 38.7 Å². The molecule has 0 spiro atoms. The van der Waals surface area contributed by atoms with Crippen LogP contribution in [-0.2, 0) is 7.05 Å². The number of aryl methyl sites for hydroxylation is 1. The third kappa shape index (κ3) is 2.96. The van der Waals surface area contributed by atoms with Gasteiger partial charge in [0.15, 0.2) is 5.65 Å². The van der Waals surface area contributed by atoms with Gasteiger partial charge in [-0.2, -0.15) is 9.61 Å². The van der Waals surface area contributed by atoms with Gasteiger partial charge in [0.05, 0.1) is 6.20 Å². The monoisotopic (exact) mass is 354 g/mol. The van der Waals surface area contributed by atoms with Gasteiger partial charge in [-0.1, -0.05) is 13.8 Å². The molecule has 138 valence electrons. The minimum absolute atomic E-state index is 0.229. The Morgan fingerprint density at radius 2 is 1.96 bits per heavy atom. The van der Waals surface area contributed by atoms with Crippen LogP contribution in [0, 0.1) is 5.92 Å². The number of anilines is 1. The topological polar surface area (TPSA) is 71.5 Å². The molecule has 3 aromatic rings. The highest BCUT2D eigenvalue weighted by molar-refractivity contribution is 5.51. The molecule has 0 saturated carbocycles. The Labute approximate surface area is 153 Å². The van der Waals surface area contributed by atoms with Gasteiger partial charge in [-0.05, 0) is 24.7 Å². The van der Waals surface area contributed by atoms with E-state index >= 15 is 0 Å². The lowest BCUT2D eigenvalue weighted by Crippen LogP contribution is -2.37. The minimum atomic E-state index is -0.509. The molecule has 0 amide bonds. The van der Waals surface area contributed by atoms with Crippen LogP contribution in [0.25, 0.3) is 5.65 Å². The van der Waals surface area contributed by atoms with Gasteiger partial charge in [0, 0.05) is 50.4 Å². The lowest BCUT2D eigenvalue weighted by molar-refractivity contribution is 0.0823. The maximum atomic E-state index is 10.7. The molecule has 26 heavy (non-hydrogen) atoms. The van der Waals surface area contributed by atoms with Crippen molar-refractivity contribution in [3.63, 3.8) is 0 Å². The van der Waals surface area contributed by atoms with Crippen LogP contribution in [0.3, 0.4) is 0 Å². The lowest BCUT2D eigenvalue weighted by atomic mass is 9.90. The lowest BCUT2D eigenvalue weighted by Gasteiger charge is -2.35. The molecular weight excluding hydrogens is 328 g/mol. The Morgan fingerprint density at radius 1 is 1.19 bits per heavy atom. The third-order valence-corrected chi connectivity index (χ3v) is 5.39. The summed E-state index contributed by atoms with van der Waals surface area (Å²) >= 11 is 0. The van der Waals surface area contributed by atoms with Crippen molar-refractivity contribution in [2.24, 2.45) is 13.0 Å². The number of rotatable bonds is 4. The van der Waals surface area contributed by atoms with E-state index in [1.165, 1.54) is 0 Å². The Balaban J connectivity index is 1.54. The zero-order chi connectivity index (χ0) is 18.3. The zero-order valence-electron chi connectivity index (χ0n) is 15.6. The van der Waals surface area contributed by atoms with Crippen molar-refractivity contribution in [1.82, 2.24) is 24.1 Å². The summed E-state index contributed by atoms with van der Waals surface area (Å²) in [5.41, 5.74) is 1.98. The van der Waals surface area contributed by atoms with Crippen LogP contribution in [-0.4, -0.2) is 42.3 Å². The number of aromatic nitrogens is 5. The normalized spacial score (nSPS) is 17.3. The van der Waals surface area contributed by atoms with E-state index in [4.69, 9.17) is 4.98 Å². The average Bonchev–Trinajstić information content (AvgIpc) is 3.29. The Kier molecular flexibility index (Phi) is 4.40. The maximum Gasteiger partial charge on any atom is 0.157 e. The van der Waals surface area contributed by atoms with Gasteiger partial charge in [-0.25, -0.2) is 9.97 Å². The smallest absolute Gasteiger partial charge is 0.157 e. The number of hydrogen-bond acceptors (Lipinski definition) is 5. The fourth-order valence-corrected chi connectivity index (χ4v) is 3.75. The van der Waals surface area contributed by atoms with Crippen molar-refractivity contribution in [1.29, 1.82) is 0 Å². The van der Waals surface area contributed by atoms with E-state index in [1.807, 2.05) is 28.4 Å². The minimum Gasteiger partial charge on any atom is -0.385 e. The van der Waals surface area contributed by atoms with E-state index in [-0.39, 0.29) is 5.92 Å². The highest BCUT2D eigenvalue weighted by atomic mass is 16.3. The molecule has 7 nitrogen and oxygen atoms in total. The molecule has 1 atom stereocenters. The van der Waals surface area contributed by atoms with Crippen LogP contribution in [0.5, 0.6) is 0 Å². The summed E-state index contributed by atoms with van der Waals surface area (Å²) in [6.07, 6.45) is 6.77. The molecule has 4 rings (SSSR count). The van der Waals surface area contributed by atoms with Gasteiger partial charge < -0.3 is 14.6 Å². The molecule has 1 fully saturated rings. The number of imidazole rings is 1. The first kappa shape index (κ1) is 17.0. The summed E-state index contributed by atoms with van der Waals surface area (Å²) < 4.78 is 3.82. The molecular formula is C19H26N6O. The molecule has 0 aromatic carbocycles. The van der Waals surface area contributed by atoms with E-state index in [2.05, 4.69) is 34.9 Å². The molecule has 0 aliphatic carbocycles. The summed E-state index contributed by atoms with van der Waals surface area (Å²) in [5, 5.41) is 15.1. The number of aliphatic hydroxyl groups excluding tert-OH is 1. The maximum absolute atomic E-state index is 10.7. The highest BCUT2D eigenvalue weighted by Crippen LogP contribution is 2.32. The van der Waals surface area contributed by atoms with Gasteiger partial charge in [0.25, 0.3) is 0 Å². The number of nitrogens with zero attached hydrogens (tertiary/aromatic N) is 6. The predicted molar refractivity (Wildman–Crippen MR) is 100 cm³/mol. The van der Waals surface area contributed by atoms with E-state index < -0.39 is 6.10 Å². The Morgan fingerprint density at radius 3 is 2.62 bits per heavy atom. The molecule has 1 saturated heterocycles. The van der Waals surface area contributed by atoms with E-state index in [0.29, 0.717) is 5.92 Å². The molecule has 1 N–H and O–H groups in total. The number of hydrogen-bond donors (Lipinski definition) is 1. The van der Waals surface area contributed by atoms with E-state index in [0.717, 1.165) is 48.9 Å². The summed E-state index contributed by atoms with van der Waals surface area (Å²) in [7, 11) is 1.93. The molecule has 0 bridgehead atoms. The van der Waals surface area contributed by atoms with Crippen LogP contribution in [0.15, 0.2) is 30.7 Å². The van der Waals surface area contributed by atoms with Gasteiger partial charge >= 0.3 is 0 Å². The van der Waals surface area contributed by atoms with Crippen LogP contribution >= 0.6 is 0 Å². The molecule has 1 aliphatic heterocycles. The van der Waals surface area contributed by atoms with Crippen LogP contribution in [0.2, 0.25) is 0 Å². The second-order valence-corrected chi connectivity index (χ2v) is 7.46. The van der Waals surface area contributed by atoms with Crippen LogP contribution in [0.1, 0.15) is 50.2 Å². The molecule has 0 radical (unpaired) electrons. The summed E-state index contributed by atoms with van der Waals surface area (Å²) in [6.45, 7) is 6.11. The molecule has 3 aromatic heterocycles. The van der Waals surface area contributed by atoms with Crippen LogP contribution in [0.4, 0.5) is 5.82 Å². The quantitative estimate of drug-likeness (QED) is 0.779. The first-order valence-corrected chi connectivity index (χ1v) is 9.29. The van der Waals surface area contributed by atoms with Crippen molar-refractivity contribution in [3.8, 4) is 0 Å².